The van der Waals surface area contributed by atoms with Crippen molar-refractivity contribution in [1.82, 2.24) is 0 Å². The number of benzene rings is 2. The maximum absolute atomic E-state index is 13.1. The molecule has 2 aromatic carbocycles. The maximum Gasteiger partial charge on any atom is 0.323 e. The van der Waals surface area contributed by atoms with E-state index in [1.54, 1.807) is 24.3 Å². The first-order chi connectivity index (χ1) is 9.99. The second-order valence-corrected chi connectivity index (χ2v) is 5.08. The zero-order valence-electron chi connectivity index (χ0n) is 11.0. The third-order valence-electron chi connectivity index (χ3n) is 2.65. The fourth-order valence-corrected chi connectivity index (χ4v) is 2.16. The van der Waals surface area contributed by atoms with Crippen LogP contribution in [0.2, 0.25) is 0 Å². The minimum Gasteiger partial charge on any atom is -0.468 e. The van der Waals surface area contributed by atoms with Gasteiger partial charge in [-0.1, -0.05) is 28.1 Å². The molecule has 0 aliphatic heterocycles. The maximum atomic E-state index is 13.1. The van der Waals surface area contributed by atoms with E-state index in [1.807, 2.05) is 0 Å². The molecule has 0 fully saturated rings. The quantitative estimate of drug-likeness (QED) is 0.602. The lowest BCUT2D eigenvalue weighted by Crippen LogP contribution is -2.07. The normalized spacial score (nSPS) is 11.8. The molecule has 0 bridgehead atoms. The minimum atomic E-state index is -0.715. The van der Waals surface area contributed by atoms with E-state index in [2.05, 4.69) is 20.7 Å². The van der Waals surface area contributed by atoms with Gasteiger partial charge < -0.3 is 9.47 Å². The molecule has 2 aromatic rings. The van der Waals surface area contributed by atoms with E-state index < -0.39 is 22.4 Å². The monoisotopic (exact) mass is 356 g/mol. The molecule has 2 rings (SSSR count). The van der Waals surface area contributed by atoms with Crippen molar-refractivity contribution in [2.75, 3.05) is 7.11 Å². The van der Waals surface area contributed by atoms with Crippen LogP contribution in [0.5, 0.6) is 11.5 Å². The Bertz CT molecular complexity index is 624. The van der Waals surface area contributed by atoms with E-state index in [9.17, 15) is 13.6 Å². The predicted molar refractivity (Wildman–Crippen MR) is 76.6 cm³/mol. The first-order valence-electron chi connectivity index (χ1n) is 5.95. The van der Waals surface area contributed by atoms with Gasteiger partial charge in [0.25, 0.3) is 0 Å². The lowest BCUT2D eigenvalue weighted by atomic mass is 10.1. The molecule has 1 unspecified atom stereocenters. The molecule has 110 valence electrons. The first-order valence-corrected chi connectivity index (χ1v) is 6.87. The smallest absolute Gasteiger partial charge is 0.323 e. The second-order valence-electron chi connectivity index (χ2n) is 4.16. The van der Waals surface area contributed by atoms with Gasteiger partial charge in [0.15, 0.2) is 0 Å². The Kier molecular flexibility index (Phi) is 4.90. The minimum absolute atomic E-state index is 0.0589. The summed E-state index contributed by atoms with van der Waals surface area (Å²) in [5.74, 6) is -1.39. The molecule has 6 heteroatoms. The van der Waals surface area contributed by atoms with E-state index in [1.165, 1.54) is 7.11 Å². The third kappa shape index (κ3) is 4.01. The van der Waals surface area contributed by atoms with Crippen molar-refractivity contribution in [3.63, 3.8) is 0 Å². The fraction of sp³-hybridized carbons (Fsp3) is 0.133. The first kappa shape index (κ1) is 15.4. The van der Waals surface area contributed by atoms with Crippen LogP contribution in [0.25, 0.3) is 0 Å². The summed E-state index contributed by atoms with van der Waals surface area (Å²) in [5.41, 5.74) is 0.680. The molecular weight excluding hydrogens is 346 g/mol. The highest BCUT2D eigenvalue weighted by Gasteiger charge is 2.17. The molecule has 0 heterocycles. The summed E-state index contributed by atoms with van der Waals surface area (Å²) in [4.78, 5) is 10.8. The van der Waals surface area contributed by atoms with Crippen molar-refractivity contribution in [3.05, 3.63) is 59.7 Å². The van der Waals surface area contributed by atoms with Crippen molar-refractivity contribution in [2.45, 2.75) is 4.83 Å². The van der Waals surface area contributed by atoms with Crippen LogP contribution < -0.4 is 4.74 Å². The van der Waals surface area contributed by atoms with Crippen molar-refractivity contribution >= 4 is 21.9 Å². The highest BCUT2D eigenvalue weighted by atomic mass is 79.9. The average molecular weight is 357 g/mol. The highest BCUT2D eigenvalue weighted by Crippen LogP contribution is 2.28. The molecule has 3 nitrogen and oxygen atoms in total. The summed E-state index contributed by atoms with van der Waals surface area (Å²) < 4.78 is 36.1. The average Bonchev–Trinajstić information content (AvgIpc) is 2.45. The largest absolute Gasteiger partial charge is 0.468 e. The van der Waals surface area contributed by atoms with Crippen LogP contribution in [-0.4, -0.2) is 13.1 Å². The molecule has 0 aromatic heterocycles. The Morgan fingerprint density at radius 2 is 1.62 bits per heavy atom. The van der Waals surface area contributed by atoms with Crippen molar-refractivity contribution in [1.29, 1.82) is 0 Å². The van der Waals surface area contributed by atoms with Crippen molar-refractivity contribution in [2.24, 2.45) is 0 Å². The molecule has 21 heavy (non-hydrogen) atoms. The Morgan fingerprint density at radius 3 is 2.14 bits per heavy atom. The van der Waals surface area contributed by atoms with Gasteiger partial charge in [0, 0.05) is 18.2 Å². The molecule has 0 aliphatic carbocycles. The molecule has 0 N–H and O–H groups in total. The van der Waals surface area contributed by atoms with Gasteiger partial charge >= 0.3 is 5.97 Å². The Balaban J connectivity index is 2.14. The molecule has 0 saturated carbocycles. The van der Waals surface area contributed by atoms with Crippen LogP contribution in [0.15, 0.2) is 42.5 Å². The number of methoxy groups -OCH3 is 1. The number of carbonyl (C=O) groups excluding carboxylic acids is 1. The van der Waals surface area contributed by atoms with E-state index >= 15 is 0 Å². The van der Waals surface area contributed by atoms with Gasteiger partial charge in [0.05, 0.1) is 7.11 Å². The number of halogens is 3. The molecule has 0 amide bonds. The molecule has 0 radical (unpaired) electrons. The molecule has 0 saturated heterocycles. The molecular formula is C15H11BrF2O3. The van der Waals surface area contributed by atoms with Gasteiger partial charge in [-0.25, -0.2) is 8.78 Å². The zero-order valence-corrected chi connectivity index (χ0v) is 12.6. The van der Waals surface area contributed by atoms with Gasteiger partial charge in [0.1, 0.15) is 28.0 Å². The number of carbonyl (C=O) groups is 1. The summed E-state index contributed by atoms with van der Waals surface area (Å²) in [6.07, 6.45) is 0. The number of hydrogen-bond acceptors (Lipinski definition) is 3. The van der Waals surface area contributed by atoms with E-state index in [-0.39, 0.29) is 5.75 Å². The van der Waals surface area contributed by atoms with Gasteiger partial charge in [-0.15, -0.1) is 0 Å². The molecule has 0 aliphatic rings. The summed E-state index contributed by atoms with van der Waals surface area (Å²) in [6.45, 7) is 0. The summed E-state index contributed by atoms with van der Waals surface area (Å²) in [6, 6.07) is 9.42. The van der Waals surface area contributed by atoms with E-state index in [0.717, 1.165) is 18.2 Å². The highest BCUT2D eigenvalue weighted by molar-refractivity contribution is 9.09. The number of ether oxygens (including phenoxy) is 2. The van der Waals surface area contributed by atoms with Crippen LogP contribution >= 0.6 is 15.9 Å². The van der Waals surface area contributed by atoms with E-state index in [4.69, 9.17) is 4.74 Å². The SMILES string of the molecule is COC(=O)C(Br)c1ccc(Oc2cc(F)cc(F)c2)cc1. The van der Waals surface area contributed by atoms with Crippen LogP contribution in [0, 0.1) is 11.6 Å². The summed E-state index contributed by atoms with van der Waals surface area (Å²) in [5, 5.41) is 0. The molecule has 0 spiro atoms. The topological polar surface area (TPSA) is 35.5 Å². The number of hydrogen-bond donors (Lipinski definition) is 0. The summed E-state index contributed by atoms with van der Waals surface area (Å²) in [7, 11) is 1.30. The Labute approximate surface area is 128 Å². The van der Waals surface area contributed by atoms with Gasteiger partial charge in [-0.2, -0.15) is 0 Å². The fourth-order valence-electron chi connectivity index (χ4n) is 1.67. The lowest BCUT2D eigenvalue weighted by Gasteiger charge is -2.10. The number of rotatable bonds is 4. The van der Waals surface area contributed by atoms with Gasteiger partial charge in [0.2, 0.25) is 0 Å². The lowest BCUT2D eigenvalue weighted by molar-refractivity contribution is -0.139. The number of alkyl halides is 1. The van der Waals surface area contributed by atoms with E-state index in [0.29, 0.717) is 11.3 Å². The Hall–Kier alpha value is -1.95. The molecule has 1 atom stereocenters. The standard InChI is InChI=1S/C15H11BrF2O3/c1-20-15(19)14(16)9-2-4-12(5-3-9)21-13-7-10(17)6-11(18)8-13/h2-8,14H,1H3. The number of esters is 1. The Morgan fingerprint density at radius 1 is 1.05 bits per heavy atom. The van der Waals surface area contributed by atoms with Gasteiger partial charge in [-0.05, 0) is 17.7 Å². The van der Waals surface area contributed by atoms with Crippen LogP contribution in [0.4, 0.5) is 8.78 Å². The third-order valence-corrected chi connectivity index (χ3v) is 3.56. The van der Waals surface area contributed by atoms with Crippen LogP contribution in [0.3, 0.4) is 0 Å². The predicted octanol–water partition coefficient (Wildman–Crippen LogP) is 4.37. The van der Waals surface area contributed by atoms with Gasteiger partial charge in [-0.3, -0.25) is 4.79 Å². The summed E-state index contributed by atoms with van der Waals surface area (Å²) >= 11 is 3.21. The second kappa shape index (κ2) is 6.67. The van der Waals surface area contributed by atoms with Crippen LogP contribution in [-0.2, 0) is 9.53 Å². The zero-order chi connectivity index (χ0) is 15.4. The van der Waals surface area contributed by atoms with Crippen molar-refractivity contribution in [3.8, 4) is 11.5 Å². The van der Waals surface area contributed by atoms with Crippen LogP contribution in [0.1, 0.15) is 10.4 Å². The van der Waals surface area contributed by atoms with Crippen molar-refractivity contribution < 1.29 is 23.0 Å².